The van der Waals surface area contributed by atoms with E-state index in [-0.39, 0.29) is 35.1 Å². The molecule has 4 heteroatoms. The molecule has 2 aromatic rings. The number of benzene rings is 1. The van der Waals surface area contributed by atoms with E-state index in [0.717, 1.165) is 0 Å². The van der Waals surface area contributed by atoms with Crippen LogP contribution in [0.5, 0.6) is 0 Å². The van der Waals surface area contributed by atoms with Gasteiger partial charge in [0.1, 0.15) is 0 Å². The van der Waals surface area contributed by atoms with Gasteiger partial charge in [-0.25, -0.2) is 0 Å². The van der Waals surface area contributed by atoms with Crippen LogP contribution in [0.1, 0.15) is 32.8 Å². The molecule has 1 N–H and O–H groups in total. The normalized spacial score (nSPS) is 13.4. The number of aliphatic carboxylic acids is 1. The molecule has 0 amide bonds. The van der Waals surface area contributed by atoms with Gasteiger partial charge in [-0.05, 0) is 19.0 Å². The Kier molecular flexibility index (Phi) is 2.33. The molecule has 1 aromatic carbocycles. The Morgan fingerprint density at radius 3 is 2.47 bits per heavy atom. The van der Waals surface area contributed by atoms with Gasteiger partial charge in [0.05, 0.1) is 17.6 Å². The minimum atomic E-state index is -1.17. The summed E-state index contributed by atoms with van der Waals surface area (Å²) in [4.78, 5) is 23.6. The number of nitrogens with zero attached hydrogens (tertiary/aromatic N) is 1. The number of hydrogen-bond donors (Lipinski definition) is 1. The number of rotatable bonds is 4. The molecule has 2 rings (SSSR count). The summed E-state index contributed by atoms with van der Waals surface area (Å²) < 4.78 is 32.7. The summed E-state index contributed by atoms with van der Waals surface area (Å²) >= 11 is 0. The van der Waals surface area contributed by atoms with E-state index in [9.17, 15) is 9.59 Å². The van der Waals surface area contributed by atoms with E-state index >= 15 is 0 Å². The predicted octanol–water partition coefficient (Wildman–Crippen LogP) is 2.19. The fourth-order valence-corrected chi connectivity index (χ4v) is 1.65. The number of aromatic nitrogens is 1. The van der Waals surface area contributed by atoms with Crippen LogP contribution in [-0.2, 0) is 18.3 Å². The minimum absolute atomic E-state index is 0.0380. The summed E-state index contributed by atoms with van der Waals surface area (Å²) in [5.74, 6) is -1.89. The summed E-state index contributed by atoms with van der Waals surface area (Å²) in [6.45, 7) is 1.70. The number of ketones is 1. The van der Waals surface area contributed by atoms with E-state index in [1.165, 1.54) is 23.7 Å². The van der Waals surface area contributed by atoms with Crippen molar-refractivity contribution in [3.8, 4) is 0 Å². The van der Waals surface area contributed by atoms with Gasteiger partial charge in [-0.2, -0.15) is 0 Å². The molecule has 4 nitrogen and oxygen atoms in total. The molecule has 19 heavy (non-hydrogen) atoms. The van der Waals surface area contributed by atoms with Gasteiger partial charge in [0, 0.05) is 18.3 Å². The van der Waals surface area contributed by atoms with E-state index in [2.05, 4.69) is 0 Å². The molecule has 0 saturated carbocycles. The van der Waals surface area contributed by atoms with Crippen molar-refractivity contribution in [2.24, 2.45) is 7.05 Å². The number of carboxylic acids is 1. The molecule has 1 heterocycles. The second-order valence-electron chi connectivity index (χ2n) is 4.20. The largest absolute Gasteiger partial charge is 0.481 e. The maximum Gasteiger partial charge on any atom is 0.309 e. The molecule has 0 radical (unpaired) electrons. The minimum Gasteiger partial charge on any atom is -0.481 e. The third kappa shape index (κ3) is 2.73. The Bertz CT molecular complexity index is 804. The summed E-state index contributed by atoms with van der Waals surface area (Å²) in [6, 6.07) is 1.89. The summed E-state index contributed by atoms with van der Waals surface area (Å²) in [5.41, 5.74) is 0.363. The van der Waals surface area contributed by atoms with Gasteiger partial charge in [0.25, 0.3) is 0 Å². The highest BCUT2D eigenvalue weighted by molar-refractivity contribution is 6.08. The maximum atomic E-state index is 12.7. The highest BCUT2D eigenvalue weighted by Crippen LogP contribution is 2.14. The fourth-order valence-electron chi connectivity index (χ4n) is 1.65. The first-order chi connectivity index (χ1) is 10.6. The number of aryl methyl sites for hydroxylation is 1. The molecule has 0 saturated heterocycles. The lowest BCUT2D eigenvalue weighted by Crippen LogP contribution is -2.11. The lowest BCUT2D eigenvalue weighted by atomic mass is 10.1. The summed E-state index contributed by atoms with van der Waals surface area (Å²) in [6.07, 6.45) is -0.482. The average molecular weight is 265 g/mol. The Morgan fingerprint density at radius 1 is 1.26 bits per heavy atom. The highest BCUT2D eigenvalue weighted by Gasteiger charge is 2.15. The van der Waals surface area contributed by atoms with Gasteiger partial charge < -0.3 is 9.67 Å². The second-order valence-corrected chi connectivity index (χ2v) is 4.20. The molecule has 1 aromatic heterocycles. The average Bonchev–Trinajstić information content (AvgIpc) is 2.61. The molecule has 0 fully saturated rings. The number of carbonyl (C=O) groups excluding carboxylic acids is 1. The first kappa shape index (κ1) is 8.69. The molecule has 0 aliphatic heterocycles. The van der Waals surface area contributed by atoms with Crippen molar-refractivity contribution in [2.45, 2.75) is 13.3 Å². The predicted molar refractivity (Wildman–Crippen MR) is 71.4 cm³/mol. The lowest BCUT2D eigenvalue weighted by Gasteiger charge is -2.06. The van der Waals surface area contributed by atoms with Crippen molar-refractivity contribution in [3.05, 3.63) is 58.8 Å². The van der Waals surface area contributed by atoms with Crippen LogP contribution >= 0.6 is 0 Å². The van der Waals surface area contributed by atoms with E-state index < -0.39 is 24.2 Å². The van der Waals surface area contributed by atoms with Crippen molar-refractivity contribution < 1.29 is 20.2 Å². The van der Waals surface area contributed by atoms with Crippen molar-refractivity contribution in [3.63, 3.8) is 0 Å². The maximum absolute atomic E-state index is 12.7. The number of hydrogen-bond acceptors (Lipinski definition) is 2. The van der Waals surface area contributed by atoms with Gasteiger partial charge in [-0.1, -0.05) is 29.8 Å². The van der Waals surface area contributed by atoms with Crippen molar-refractivity contribution in [1.82, 2.24) is 4.57 Å². The van der Waals surface area contributed by atoms with E-state index in [1.807, 2.05) is 0 Å². The Hall–Kier alpha value is -2.36. The van der Waals surface area contributed by atoms with Crippen molar-refractivity contribution >= 4 is 11.8 Å². The molecule has 0 aliphatic rings. The van der Waals surface area contributed by atoms with Gasteiger partial charge >= 0.3 is 5.97 Å². The van der Waals surface area contributed by atoms with Gasteiger partial charge in [0.15, 0.2) is 0 Å². The van der Waals surface area contributed by atoms with Crippen molar-refractivity contribution in [1.29, 1.82) is 0 Å². The van der Waals surface area contributed by atoms with Crippen LogP contribution in [0.3, 0.4) is 0 Å². The standard InChI is InChI=1S/C15H15NO3/c1-10-3-5-11(6-4-10)15(19)13-8-7-12(16(13)2)9-14(17)18/h3-8H,9H2,1-2H3,(H,17,18)/i5T,6T,7T,8T. The van der Waals surface area contributed by atoms with E-state index in [0.29, 0.717) is 5.56 Å². The van der Waals surface area contributed by atoms with Gasteiger partial charge in [-0.3, -0.25) is 9.59 Å². The van der Waals surface area contributed by atoms with E-state index in [1.54, 1.807) is 6.92 Å². The quantitative estimate of drug-likeness (QED) is 0.862. The molecule has 0 aliphatic carbocycles. The Labute approximate surface area is 116 Å². The summed E-state index contributed by atoms with van der Waals surface area (Å²) in [5, 5.41) is 8.89. The van der Waals surface area contributed by atoms with Gasteiger partial charge in [-0.15, -0.1) is 0 Å². The first-order valence-corrected chi connectivity index (χ1v) is 5.64. The molecule has 0 unspecified atom stereocenters. The smallest absolute Gasteiger partial charge is 0.309 e. The van der Waals surface area contributed by atoms with Crippen LogP contribution in [0.4, 0.5) is 0 Å². The molecule has 98 valence electrons. The van der Waals surface area contributed by atoms with E-state index in [4.69, 9.17) is 10.6 Å². The molecular formula is C15H15NO3. The van der Waals surface area contributed by atoms with Crippen LogP contribution in [0.2, 0.25) is 0 Å². The molecule has 0 atom stereocenters. The molecule has 0 bridgehead atoms. The van der Waals surface area contributed by atoms with Crippen LogP contribution < -0.4 is 0 Å². The van der Waals surface area contributed by atoms with Crippen molar-refractivity contribution in [2.75, 3.05) is 0 Å². The summed E-state index contributed by atoms with van der Waals surface area (Å²) in [7, 11) is 1.41. The Morgan fingerprint density at radius 2 is 1.89 bits per heavy atom. The molecular weight excluding hydrogens is 242 g/mol. The van der Waals surface area contributed by atoms with Crippen LogP contribution in [0.15, 0.2) is 36.3 Å². The topological polar surface area (TPSA) is 59.3 Å². The fraction of sp³-hybridized carbons (Fsp3) is 0.200. The number of carbonyl (C=O) groups is 2. The zero-order chi connectivity index (χ0) is 17.5. The number of carboxylic acid groups (broad SMARTS) is 1. The zero-order valence-electron chi connectivity index (χ0n) is 14.6. The monoisotopic (exact) mass is 265 g/mol. The first-order valence-electron chi connectivity index (χ1n) is 7.64. The molecule has 0 spiro atoms. The zero-order valence-corrected chi connectivity index (χ0v) is 10.6. The third-order valence-electron chi connectivity index (χ3n) is 2.71. The highest BCUT2D eigenvalue weighted by atomic mass is 16.4. The lowest BCUT2D eigenvalue weighted by molar-refractivity contribution is -0.136. The third-order valence-corrected chi connectivity index (χ3v) is 2.71. The van der Waals surface area contributed by atoms with Gasteiger partial charge in [0.2, 0.25) is 5.78 Å². The van der Waals surface area contributed by atoms with Crippen LogP contribution in [0, 0.1) is 6.92 Å². The van der Waals surface area contributed by atoms with Crippen LogP contribution in [0.25, 0.3) is 0 Å². The SMILES string of the molecule is [3H]c1cc(C)cc([3H])c1C(=O)c1c([3H])c([3H])c(CC(=O)O)n1C. The van der Waals surface area contributed by atoms with Crippen LogP contribution in [-0.4, -0.2) is 21.4 Å². The second kappa shape index (κ2) is 5.10. The Balaban J connectivity index is 2.64.